The number of carbonyl (C=O) groups is 3. The third-order valence-corrected chi connectivity index (χ3v) is 3.44. The van der Waals surface area contributed by atoms with Crippen molar-refractivity contribution in [3.05, 3.63) is 29.8 Å². The molecule has 0 aliphatic heterocycles. The van der Waals surface area contributed by atoms with E-state index in [1.807, 2.05) is 0 Å². The van der Waals surface area contributed by atoms with E-state index in [-0.39, 0.29) is 18.4 Å². The maximum atomic E-state index is 12.1. The van der Waals surface area contributed by atoms with Crippen molar-refractivity contribution in [3.63, 3.8) is 0 Å². The number of hydrogen-bond donors (Lipinski definition) is 1. The Morgan fingerprint density at radius 1 is 1.17 bits per heavy atom. The highest BCUT2D eigenvalue weighted by atomic mass is 16.5. The Bertz CT molecular complexity index is 567. The van der Waals surface area contributed by atoms with E-state index < -0.39 is 5.97 Å². The number of hydrogen-bond acceptors (Lipinski definition) is 4. The maximum Gasteiger partial charge on any atom is 0.338 e. The van der Waals surface area contributed by atoms with Crippen LogP contribution >= 0.6 is 0 Å². The molecule has 6 heteroatoms. The molecule has 0 saturated carbocycles. The number of amides is 2. The van der Waals surface area contributed by atoms with Crippen LogP contribution in [-0.2, 0) is 14.3 Å². The lowest BCUT2D eigenvalue weighted by atomic mass is 10.1. The fourth-order valence-corrected chi connectivity index (χ4v) is 2.04. The number of benzene rings is 1. The summed E-state index contributed by atoms with van der Waals surface area (Å²) in [6.07, 6.45) is 0.848. The minimum absolute atomic E-state index is 0.0156. The Morgan fingerprint density at radius 2 is 1.79 bits per heavy atom. The number of nitrogens with zero attached hydrogens (tertiary/aromatic N) is 1. The molecule has 0 fully saturated rings. The van der Waals surface area contributed by atoms with Gasteiger partial charge < -0.3 is 15.0 Å². The quantitative estimate of drug-likeness (QED) is 0.742. The molecule has 0 unspecified atom stereocenters. The predicted octanol–water partition coefficient (Wildman–Crippen LogP) is 2.70. The number of ether oxygens (including phenoxy) is 1. The zero-order valence-corrected chi connectivity index (χ0v) is 14.8. The second kappa shape index (κ2) is 9.70. The van der Waals surface area contributed by atoms with Crippen molar-refractivity contribution in [2.24, 2.45) is 5.92 Å². The van der Waals surface area contributed by atoms with E-state index >= 15 is 0 Å². The molecule has 0 saturated heterocycles. The summed E-state index contributed by atoms with van der Waals surface area (Å²) in [4.78, 5) is 36.8. The lowest BCUT2D eigenvalue weighted by Gasteiger charge is -2.21. The van der Waals surface area contributed by atoms with Gasteiger partial charge in [-0.05, 0) is 43.5 Å². The van der Waals surface area contributed by atoms with Crippen LogP contribution in [0.15, 0.2) is 24.3 Å². The average molecular weight is 334 g/mol. The van der Waals surface area contributed by atoms with Crippen LogP contribution in [0.1, 0.15) is 44.5 Å². The first-order valence-corrected chi connectivity index (χ1v) is 8.16. The summed E-state index contributed by atoms with van der Waals surface area (Å²) in [7, 11) is 0. The van der Waals surface area contributed by atoms with Crippen molar-refractivity contribution in [3.8, 4) is 0 Å². The van der Waals surface area contributed by atoms with Gasteiger partial charge in [-0.2, -0.15) is 0 Å². The van der Waals surface area contributed by atoms with E-state index in [2.05, 4.69) is 19.2 Å². The number of nitrogens with one attached hydrogen (secondary N) is 1. The second-order valence-corrected chi connectivity index (χ2v) is 5.97. The van der Waals surface area contributed by atoms with Crippen LogP contribution < -0.4 is 5.32 Å². The van der Waals surface area contributed by atoms with Gasteiger partial charge in [0, 0.05) is 19.2 Å². The Labute approximate surface area is 143 Å². The van der Waals surface area contributed by atoms with Gasteiger partial charge in [-0.15, -0.1) is 0 Å². The molecule has 1 aromatic rings. The molecule has 24 heavy (non-hydrogen) atoms. The third kappa shape index (κ3) is 6.81. The lowest BCUT2D eigenvalue weighted by molar-refractivity contribution is -0.132. The van der Waals surface area contributed by atoms with E-state index in [4.69, 9.17) is 4.74 Å². The lowest BCUT2D eigenvalue weighted by Crippen LogP contribution is -2.37. The molecule has 0 spiro atoms. The van der Waals surface area contributed by atoms with Gasteiger partial charge in [0.05, 0.1) is 18.7 Å². The SMILES string of the molecule is CCOC(=O)c1ccc(NC(=O)CN(CCC(C)C)C(C)=O)cc1. The summed E-state index contributed by atoms with van der Waals surface area (Å²) in [5, 5.41) is 2.73. The molecule has 0 atom stereocenters. The molecular formula is C18H26N2O4. The summed E-state index contributed by atoms with van der Waals surface area (Å²) in [6, 6.07) is 6.46. The highest BCUT2D eigenvalue weighted by Gasteiger charge is 2.14. The van der Waals surface area contributed by atoms with Crippen molar-refractivity contribution < 1.29 is 19.1 Å². The Kier molecular flexibility index (Phi) is 7.95. The van der Waals surface area contributed by atoms with Crippen LogP contribution in [0.3, 0.4) is 0 Å². The zero-order valence-electron chi connectivity index (χ0n) is 14.8. The molecule has 0 bridgehead atoms. The standard InChI is InChI=1S/C18H26N2O4/c1-5-24-18(23)15-6-8-16(9-7-15)19-17(22)12-20(14(4)21)11-10-13(2)3/h6-9,13H,5,10-12H2,1-4H3,(H,19,22). The van der Waals surface area contributed by atoms with Crippen molar-refractivity contribution in [1.29, 1.82) is 0 Å². The van der Waals surface area contributed by atoms with Gasteiger partial charge in [-0.25, -0.2) is 4.79 Å². The molecular weight excluding hydrogens is 308 g/mol. The molecule has 2 amide bonds. The van der Waals surface area contributed by atoms with Gasteiger partial charge >= 0.3 is 5.97 Å². The van der Waals surface area contributed by atoms with Gasteiger partial charge in [0.2, 0.25) is 11.8 Å². The summed E-state index contributed by atoms with van der Waals surface area (Å²) in [5.41, 5.74) is 0.998. The Hall–Kier alpha value is -2.37. The van der Waals surface area contributed by atoms with Gasteiger partial charge in [-0.3, -0.25) is 9.59 Å². The van der Waals surface area contributed by atoms with Crippen LogP contribution in [0.2, 0.25) is 0 Å². The van der Waals surface area contributed by atoms with Gasteiger partial charge in [0.25, 0.3) is 0 Å². The fraction of sp³-hybridized carbons (Fsp3) is 0.500. The predicted molar refractivity (Wildman–Crippen MR) is 92.7 cm³/mol. The average Bonchev–Trinajstić information content (AvgIpc) is 2.51. The fourth-order valence-electron chi connectivity index (χ4n) is 2.04. The Balaban J connectivity index is 2.59. The van der Waals surface area contributed by atoms with E-state index in [1.165, 1.54) is 11.8 Å². The first kappa shape index (κ1) is 19.7. The van der Waals surface area contributed by atoms with Crippen LogP contribution in [0.5, 0.6) is 0 Å². The monoisotopic (exact) mass is 334 g/mol. The van der Waals surface area contributed by atoms with Crippen molar-refractivity contribution in [1.82, 2.24) is 4.90 Å². The molecule has 0 radical (unpaired) electrons. The minimum Gasteiger partial charge on any atom is -0.462 e. The number of carbonyl (C=O) groups excluding carboxylic acids is 3. The van der Waals surface area contributed by atoms with Crippen molar-refractivity contribution in [2.75, 3.05) is 25.0 Å². The maximum absolute atomic E-state index is 12.1. The number of esters is 1. The highest BCUT2D eigenvalue weighted by Crippen LogP contribution is 2.11. The highest BCUT2D eigenvalue weighted by molar-refractivity contribution is 5.95. The molecule has 1 N–H and O–H groups in total. The van der Waals surface area contributed by atoms with Gasteiger partial charge in [-0.1, -0.05) is 13.8 Å². The topological polar surface area (TPSA) is 75.7 Å². The van der Waals surface area contributed by atoms with Gasteiger partial charge in [0.1, 0.15) is 0 Å². The van der Waals surface area contributed by atoms with E-state index in [1.54, 1.807) is 31.2 Å². The largest absolute Gasteiger partial charge is 0.462 e. The van der Waals surface area contributed by atoms with E-state index in [0.29, 0.717) is 30.3 Å². The van der Waals surface area contributed by atoms with Crippen LogP contribution in [0.25, 0.3) is 0 Å². The third-order valence-electron chi connectivity index (χ3n) is 3.44. The van der Waals surface area contributed by atoms with Crippen LogP contribution in [0, 0.1) is 5.92 Å². The first-order valence-electron chi connectivity index (χ1n) is 8.16. The molecule has 1 aromatic carbocycles. The molecule has 1 rings (SSSR count). The Morgan fingerprint density at radius 3 is 2.29 bits per heavy atom. The molecule has 0 heterocycles. The summed E-state index contributed by atoms with van der Waals surface area (Å²) >= 11 is 0. The van der Waals surface area contributed by atoms with Crippen molar-refractivity contribution in [2.45, 2.75) is 34.1 Å². The van der Waals surface area contributed by atoms with E-state index in [9.17, 15) is 14.4 Å². The van der Waals surface area contributed by atoms with Crippen LogP contribution in [0.4, 0.5) is 5.69 Å². The molecule has 0 aliphatic carbocycles. The van der Waals surface area contributed by atoms with Gasteiger partial charge in [0.15, 0.2) is 0 Å². The van der Waals surface area contributed by atoms with Crippen molar-refractivity contribution >= 4 is 23.5 Å². The number of anilines is 1. The normalized spacial score (nSPS) is 10.4. The molecule has 132 valence electrons. The first-order chi connectivity index (χ1) is 11.3. The summed E-state index contributed by atoms with van der Waals surface area (Å²) in [6.45, 7) is 8.24. The van der Waals surface area contributed by atoms with Crippen LogP contribution in [-0.4, -0.2) is 42.4 Å². The molecule has 0 aliphatic rings. The second-order valence-electron chi connectivity index (χ2n) is 5.97. The molecule has 0 aromatic heterocycles. The smallest absolute Gasteiger partial charge is 0.338 e. The minimum atomic E-state index is -0.396. The molecule has 6 nitrogen and oxygen atoms in total. The van der Waals surface area contributed by atoms with E-state index in [0.717, 1.165) is 6.42 Å². The number of rotatable bonds is 8. The summed E-state index contributed by atoms with van der Waals surface area (Å²) in [5.74, 6) is -0.321. The zero-order chi connectivity index (χ0) is 18.1. The summed E-state index contributed by atoms with van der Waals surface area (Å²) < 4.78 is 4.90.